The minimum atomic E-state index is -1.97. The molecular formula is C90H130Si2. The molecule has 0 amide bonds. The standard InChI is InChI=1S/C90H130Si2/c1-15-17-19-21-23-25-27-29-31-33-35-37-39-41-43-45-59-81-83-61-49-55-77(87(83)69-89-79(57-51-63-85(81)89)65-67-91(71(3)4,72(5)6)73(7)8)53-47-48-54-78-56-50-62-84-82(60-46-44-42-40-38-36-34-32-30-28-26-24-22-20-18-16-2)86-64-52-58-80(90(86)70-88(78)84)66-68-92(74(9)10,75(11)12)76(13)14/h49-52,55-58,61-64,69-76H,15-46,59-60H2,1-14H3. The Balaban J connectivity index is 1.29. The lowest BCUT2D eigenvalue weighted by molar-refractivity contribution is 0.529. The van der Waals surface area contributed by atoms with Gasteiger partial charge in [0.1, 0.15) is 16.1 Å². The highest BCUT2D eigenvalue weighted by Gasteiger charge is 2.43. The lowest BCUT2D eigenvalue weighted by atomic mass is 9.89. The van der Waals surface area contributed by atoms with Crippen molar-refractivity contribution in [2.45, 2.75) is 348 Å². The Hall–Kier alpha value is -4.97. The van der Waals surface area contributed by atoms with Gasteiger partial charge < -0.3 is 0 Å². The summed E-state index contributed by atoms with van der Waals surface area (Å²) in [4.78, 5) is 0. The molecule has 0 nitrogen and oxygen atoms in total. The van der Waals surface area contributed by atoms with Crippen LogP contribution in [-0.2, 0) is 12.8 Å². The van der Waals surface area contributed by atoms with E-state index in [4.69, 9.17) is 0 Å². The van der Waals surface area contributed by atoms with E-state index in [0.717, 1.165) is 35.1 Å². The lowest BCUT2D eigenvalue weighted by Gasteiger charge is -2.38. The van der Waals surface area contributed by atoms with Crippen LogP contribution in [0.1, 0.15) is 336 Å². The van der Waals surface area contributed by atoms with E-state index in [1.807, 2.05) is 0 Å². The molecule has 0 aliphatic carbocycles. The van der Waals surface area contributed by atoms with Crippen LogP contribution in [0.2, 0.25) is 33.2 Å². The fourth-order valence-electron chi connectivity index (χ4n) is 16.6. The van der Waals surface area contributed by atoms with Gasteiger partial charge in [-0.25, -0.2) is 0 Å². The molecule has 0 bridgehead atoms. The Morgan fingerprint density at radius 2 is 0.457 bits per heavy atom. The predicted molar refractivity (Wildman–Crippen MR) is 419 cm³/mol. The van der Waals surface area contributed by atoms with Crippen LogP contribution in [0.25, 0.3) is 43.1 Å². The molecular weight excluding hydrogens is 1140 g/mol. The normalized spacial score (nSPS) is 12.0. The molecule has 0 radical (unpaired) electrons. The number of aryl methyl sites for hydroxylation is 2. The van der Waals surface area contributed by atoms with Crippen LogP contribution in [-0.4, -0.2) is 16.1 Å². The van der Waals surface area contributed by atoms with Crippen LogP contribution in [0.5, 0.6) is 0 Å². The van der Waals surface area contributed by atoms with Gasteiger partial charge in [-0.2, -0.15) is 0 Å². The second-order valence-electron chi connectivity index (χ2n) is 30.2. The molecule has 2 heteroatoms. The highest BCUT2D eigenvalue weighted by atomic mass is 28.3. The van der Waals surface area contributed by atoms with Crippen molar-refractivity contribution in [1.29, 1.82) is 0 Å². The molecule has 6 aromatic rings. The van der Waals surface area contributed by atoms with E-state index < -0.39 is 16.1 Å². The Bertz CT molecular complexity index is 3150. The van der Waals surface area contributed by atoms with Crippen LogP contribution in [0, 0.1) is 46.6 Å². The van der Waals surface area contributed by atoms with Crippen molar-refractivity contribution in [3.05, 3.63) is 118 Å². The Morgan fingerprint density at radius 1 is 0.250 bits per heavy atom. The maximum atomic E-state index is 4.10. The summed E-state index contributed by atoms with van der Waals surface area (Å²) in [7, 11) is -3.93. The Morgan fingerprint density at radius 3 is 0.674 bits per heavy atom. The minimum absolute atomic E-state index is 0.575. The molecule has 0 aromatic heterocycles. The highest BCUT2D eigenvalue weighted by molar-refractivity contribution is 6.91. The van der Waals surface area contributed by atoms with Crippen molar-refractivity contribution < 1.29 is 0 Å². The maximum Gasteiger partial charge on any atom is 0.146 e. The van der Waals surface area contributed by atoms with Gasteiger partial charge >= 0.3 is 0 Å². The first-order valence-electron chi connectivity index (χ1n) is 38.7. The Labute approximate surface area is 569 Å². The average Bonchev–Trinajstić information content (AvgIpc) is 0.779. The quantitative estimate of drug-likeness (QED) is 0.0156. The lowest BCUT2D eigenvalue weighted by Crippen LogP contribution is -2.43. The molecule has 0 N–H and O–H groups in total. The van der Waals surface area contributed by atoms with Gasteiger partial charge in [-0.3, -0.25) is 0 Å². The summed E-state index contributed by atoms with van der Waals surface area (Å²) in [6.07, 6.45) is 46.3. The van der Waals surface area contributed by atoms with Crippen molar-refractivity contribution in [3.8, 4) is 46.6 Å². The summed E-state index contributed by atoms with van der Waals surface area (Å²) in [6.45, 7) is 33.7. The van der Waals surface area contributed by atoms with E-state index in [-0.39, 0.29) is 0 Å². The molecule has 6 aromatic carbocycles. The van der Waals surface area contributed by atoms with Crippen LogP contribution in [0.15, 0.2) is 84.9 Å². The largest absolute Gasteiger partial charge is 0.146 e. The van der Waals surface area contributed by atoms with Gasteiger partial charge in [0.25, 0.3) is 0 Å². The molecule has 0 saturated carbocycles. The first-order valence-corrected chi connectivity index (χ1v) is 43.1. The van der Waals surface area contributed by atoms with Crippen molar-refractivity contribution in [2.24, 2.45) is 0 Å². The molecule has 6 rings (SSSR count). The third-order valence-electron chi connectivity index (χ3n) is 21.9. The fraction of sp³-hybridized carbons (Fsp3) is 0.600. The Kier molecular flexibility index (Phi) is 34.0. The van der Waals surface area contributed by atoms with Crippen molar-refractivity contribution in [3.63, 3.8) is 0 Å². The fourth-order valence-corrected chi connectivity index (χ4v) is 27.0. The zero-order chi connectivity index (χ0) is 66.1. The van der Waals surface area contributed by atoms with Crippen molar-refractivity contribution in [1.82, 2.24) is 0 Å². The highest BCUT2D eigenvalue weighted by Crippen LogP contribution is 2.43. The third-order valence-corrected chi connectivity index (χ3v) is 34.5. The summed E-state index contributed by atoms with van der Waals surface area (Å²) in [5.74, 6) is 22.0. The van der Waals surface area contributed by atoms with Gasteiger partial charge in [-0.15, -0.1) is 11.1 Å². The first-order chi connectivity index (χ1) is 44.6. The van der Waals surface area contributed by atoms with E-state index in [1.54, 1.807) is 0 Å². The minimum Gasteiger partial charge on any atom is -0.125 e. The maximum absolute atomic E-state index is 4.10. The van der Waals surface area contributed by atoms with Gasteiger partial charge in [-0.05, 0) is 161 Å². The number of unbranched alkanes of at least 4 members (excludes halogenated alkanes) is 30. The van der Waals surface area contributed by atoms with Crippen LogP contribution in [0.4, 0.5) is 0 Å². The zero-order valence-electron chi connectivity index (χ0n) is 61.6. The number of hydrogen-bond donors (Lipinski definition) is 0. The molecule has 0 heterocycles. The average molecular weight is 1270 g/mol. The molecule has 498 valence electrons. The van der Waals surface area contributed by atoms with Crippen molar-refractivity contribution in [2.75, 3.05) is 0 Å². The van der Waals surface area contributed by atoms with Gasteiger partial charge in [-0.1, -0.05) is 362 Å². The summed E-state index contributed by atoms with van der Waals surface area (Å²) in [5.41, 5.74) is 19.0. The summed E-state index contributed by atoms with van der Waals surface area (Å²) >= 11 is 0. The number of benzene rings is 6. The van der Waals surface area contributed by atoms with E-state index in [0.29, 0.717) is 33.2 Å². The van der Waals surface area contributed by atoms with E-state index in [2.05, 4.69) is 228 Å². The van der Waals surface area contributed by atoms with Crippen LogP contribution in [0.3, 0.4) is 0 Å². The second-order valence-corrected chi connectivity index (χ2v) is 41.4. The van der Waals surface area contributed by atoms with Gasteiger partial charge in [0, 0.05) is 22.3 Å². The van der Waals surface area contributed by atoms with E-state index in [1.165, 1.54) is 260 Å². The van der Waals surface area contributed by atoms with Gasteiger partial charge in [0.15, 0.2) is 0 Å². The summed E-state index contributed by atoms with van der Waals surface area (Å²) in [5, 5.41) is 10.3. The summed E-state index contributed by atoms with van der Waals surface area (Å²) < 4.78 is 0. The predicted octanol–water partition coefficient (Wildman–Crippen LogP) is 28.4. The van der Waals surface area contributed by atoms with Crippen LogP contribution < -0.4 is 0 Å². The first kappa shape index (κ1) is 76.1. The molecule has 0 aliphatic rings. The molecule has 0 fully saturated rings. The van der Waals surface area contributed by atoms with E-state index in [9.17, 15) is 0 Å². The number of rotatable bonds is 40. The number of hydrogen-bond acceptors (Lipinski definition) is 0. The molecule has 0 unspecified atom stereocenters. The zero-order valence-corrected chi connectivity index (χ0v) is 63.6. The van der Waals surface area contributed by atoms with Gasteiger partial charge in [0.2, 0.25) is 0 Å². The molecule has 92 heavy (non-hydrogen) atoms. The molecule has 0 saturated heterocycles. The van der Waals surface area contributed by atoms with Crippen LogP contribution >= 0.6 is 0 Å². The number of fused-ring (bicyclic) bond motifs is 4. The second kappa shape index (κ2) is 41.1. The molecule has 0 spiro atoms. The SMILES string of the molecule is CCCCCCCCCCCCCCCCCCc1c2cccc(C#CC#Cc3cccc4c(CCCCCCCCCCCCCCCCCC)c5cccc(C#C[Si](C(C)C)(C(C)C)C(C)C)c5cc34)c2cc2c(C#C[Si](C(C)C)(C(C)C)C(C)C)cccc12. The van der Waals surface area contributed by atoms with Gasteiger partial charge in [0.05, 0.1) is 0 Å². The summed E-state index contributed by atoms with van der Waals surface area (Å²) in [6, 6.07) is 32.3. The molecule has 0 atom stereocenters. The monoisotopic (exact) mass is 1270 g/mol. The molecule has 0 aliphatic heterocycles. The smallest absolute Gasteiger partial charge is 0.125 e. The van der Waals surface area contributed by atoms with E-state index >= 15 is 0 Å². The third kappa shape index (κ3) is 21.8. The van der Waals surface area contributed by atoms with Crippen molar-refractivity contribution >= 4 is 59.2 Å². The topological polar surface area (TPSA) is 0 Å².